The van der Waals surface area contributed by atoms with Gasteiger partial charge in [0.15, 0.2) is 5.76 Å². The Hall–Kier alpha value is -1.40. The summed E-state index contributed by atoms with van der Waals surface area (Å²) in [5, 5.41) is 4.36. The molecule has 0 radical (unpaired) electrons. The fraction of sp³-hybridized carbons (Fsp3) is 0.800. The second kappa shape index (κ2) is 8.09. The van der Waals surface area contributed by atoms with Crippen molar-refractivity contribution in [2.24, 2.45) is 5.92 Å². The maximum Gasteiger partial charge on any atom is 0.227 e. The number of piperidine rings is 1. The van der Waals surface area contributed by atoms with Gasteiger partial charge in [-0.2, -0.15) is 0 Å². The molecule has 0 unspecified atom stereocenters. The number of ether oxygens (including phenoxy) is 1. The van der Waals surface area contributed by atoms with Gasteiger partial charge in [-0.25, -0.2) is 0 Å². The van der Waals surface area contributed by atoms with E-state index < -0.39 is 0 Å². The maximum atomic E-state index is 12.7. The van der Waals surface area contributed by atoms with E-state index in [4.69, 9.17) is 9.26 Å². The SMILES string of the molecule is COCCN1C(=O)[C@H]2CC[C@@H]1CN(Cc1cc(C3CCCCC3)no1)C2. The third-order valence-electron chi connectivity index (χ3n) is 6.39. The molecule has 26 heavy (non-hydrogen) atoms. The summed E-state index contributed by atoms with van der Waals surface area (Å²) in [4.78, 5) is 17.2. The third kappa shape index (κ3) is 3.81. The summed E-state index contributed by atoms with van der Waals surface area (Å²) in [6, 6.07) is 2.46. The first kappa shape index (κ1) is 18.0. The van der Waals surface area contributed by atoms with Crippen LogP contribution in [0.1, 0.15) is 62.3 Å². The average Bonchev–Trinajstić information content (AvgIpc) is 2.97. The van der Waals surface area contributed by atoms with Gasteiger partial charge in [0.2, 0.25) is 5.91 Å². The molecule has 2 atom stereocenters. The van der Waals surface area contributed by atoms with Crippen molar-refractivity contribution in [3.05, 3.63) is 17.5 Å². The first-order valence-corrected chi connectivity index (χ1v) is 10.2. The van der Waals surface area contributed by atoms with E-state index in [1.54, 1.807) is 7.11 Å². The maximum absolute atomic E-state index is 12.7. The first-order valence-electron chi connectivity index (χ1n) is 10.2. The minimum Gasteiger partial charge on any atom is -0.383 e. The second-order valence-corrected chi connectivity index (χ2v) is 8.20. The van der Waals surface area contributed by atoms with Crippen molar-refractivity contribution in [3.63, 3.8) is 0 Å². The number of aromatic nitrogens is 1. The topological polar surface area (TPSA) is 58.8 Å². The van der Waals surface area contributed by atoms with Crippen molar-refractivity contribution < 1.29 is 14.1 Å². The Morgan fingerprint density at radius 3 is 2.81 bits per heavy atom. The summed E-state index contributed by atoms with van der Waals surface area (Å²) < 4.78 is 10.9. The van der Waals surface area contributed by atoms with Crippen LogP contribution in [0.3, 0.4) is 0 Å². The molecule has 144 valence electrons. The number of rotatable bonds is 6. The summed E-state index contributed by atoms with van der Waals surface area (Å²) >= 11 is 0. The number of hydrogen-bond acceptors (Lipinski definition) is 5. The van der Waals surface area contributed by atoms with Crippen molar-refractivity contribution in [2.75, 3.05) is 33.4 Å². The third-order valence-corrected chi connectivity index (χ3v) is 6.39. The van der Waals surface area contributed by atoms with E-state index in [0.29, 0.717) is 31.0 Å². The van der Waals surface area contributed by atoms with E-state index in [9.17, 15) is 4.79 Å². The molecule has 6 nitrogen and oxygen atoms in total. The molecule has 5 rings (SSSR count). The van der Waals surface area contributed by atoms with Crippen LogP contribution in [0.2, 0.25) is 0 Å². The summed E-state index contributed by atoms with van der Waals surface area (Å²) in [7, 11) is 1.70. The van der Waals surface area contributed by atoms with Crippen LogP contribution >= 0.6 is 0 Å². The second-order valence-electron chi connectivity index (χ2n) is 8.20. The molecule has 0 spiro atoms. The number of methoxy groups -OCH3 is 1. The van der Waals surface area contributed by atoms with Crippen LogP contribution in [-0.2, 0) is 16.1 Å². The smallest absolute Gasteiger partial charge is 0.227 e. The number of fused-ring (bicyclic) bond motifs is 4. The molecule has 1 aromatic rings. The lowest BCUT2D eigenvalue weighted by Crippen LogP contribution is -2.49. The normalized spacial score (nSPS) is 27.9. The lowest BCUT2D eigenvalue weighted by Gasteiger charge is -2.35. The van der Waals surface area contributed by atoms with Gasteiger partial charge < -0.3 is 14.2 Å². The van der Waals surface area contributed by atoms with Gasteiger partial charge in [0, 0.05) is 44.8 Å². The Bertz CT molecular complexity index is 611. The highest BCUT2D eigenvalue weighted by atomic mass is 16.5. The molecule has 1 aromatic heterocycles. The van der Waals surface area contributed by atoms with Gasteiger partial charge in [-0.05, 0) is 25.7 Å². The van der Waals surface area contributed by atoms with Gasteiger partial charge in [0.1, 0.15) is 0 Å². The van der Waals surface area contributed by atoms with E-state index in [-0.39, 0.29) is 5.92 Å². The molecule has 1 amide bonds. The van der Waals surface area contributed by atoms with Crippen LogP contribution in [0.5, 0.6) is 0 Å². The molecule has 0 aromatic carbocycles. The van der Waals surface area contributed by atoms with Crippen molar-refractivity contribution in [3.8, 4) is 0 Å². The molecule has 6 heteroatoms. The highest BCUT2D eigenvalue weighted by molar-refractivity contribution is 5.80. The van der Waals surface area contributed by atoms with Crippen molar-refractivity contribution in [1.29, 1.82) is 0 Å². The van der Waals surface area contributed by atoms with Gasteiger partial charge in [0.05, 0.1) is 24.8 Å². The molecular weight excluding hydrogens is 330 g/mol. The molecule has 4 aliphatic rings. The van der Waals surface area contributed by atoms with Crippen LogP contribution in [0, 0.1) is 5.92 Å². The zero-order chi connectivity index (χ0) is 17.9. The Morgan fingerprint density at radius 1 is 1.15 bits per heavy atom. The summed E-state index contributed by atoms with van der Waals surface area (Å²) in [5.74, 6) is 1.95. The Labute approximate surface area is 155 Å². The monoisotopic (exact) mass is 361 g/mol. The molecule has 4 heterocycles. The predicted octanol–water partition coefficient (Wildman–Crippen LogP) is 2.79. The van der Waals surface area contributed by atoms with Crippen LogP contribution in [0.15, 0.2) is 10.6 Å². The van der Waals surface area contributed by atoms with E-state index >= 15 is 0 Å². The molecule has 3 saturated heterocycles. The number of amides is 1. The molecule has 1 saturated carbocycles. The van der Waals surface area contributed by atoms with Gasteiger partial charge in [-0.1, -0.05) is 24.4 Å². The predicted molar refractivity (Wildman–Crippen MR) is 97.7 cm³/mol. The lowest BCUT2D eigenvalue weighted by atomic mass is 9.87. The van der Waals surface area contributed by atoms with Crippen LogP contribution in [0.4, 0.5) is 0 Å². The van der Waals surface area contributed by atoms with Crippen LogP contribution in [0.25, 0.3) is 0 Å². The van der Waals surface area contributed by atoms with Crippen molar-refractivity contribution in [1.82, 2.24) is 15.0 Å². The van der Waals surface area contributed by atoms with Crippen LogP contribution < -0.4 is 0 Å². The molecular formula is C20H31N3O3. The van der Waals surface area contributed by atoms with Gasteiger partial charge in [0.25, 0.3) is 0 Å². The number of hydrogen-bond donors (Lipinski definition) is 0. The number of nitrogens with zero attached hydrogens (tertiary/aromatic N) is 3. The molecule has 0 N–H and O–H groups in total. The molecule has 1 aliphatic carbocycles. The Balaban J connectivity index is 1.40. The summed E-state index contributed by atoms with van der Waals surface area (Å²) in [6.07, 6.45) is 8.55. The highest BCUT2D eigenvalue weighted by Crippen LogP contribution is 2.33. The van der Waals surface area contributed by atoms with Gasteiger partial charge in [-0.3, -0.25) is 9.69 Å². The Morgan fingerprint density at radius 2 is 2.00 bits per heavy atom. The Kier molecular flexibility index (Phi) is 5.60. The standard InChI is InChI=1S/C20H31N3O3/c1-25-10-9-23-17-8-7-16(20(23)24)12-22(13-17)14-18-11-19(21-26-18)15-5-3-2-4-6-15/h11,15-17H,2-10,12-14H2,1H3/t16-,17+/m0/s1. The highest BCUT2D eigenvalue weighted by Gasteiger charge is 2.40. The average molecular weight is 361 g/mol. The fourth-order valence-corrected chi connectivity index (χ4v) is 4.96. The van der Waals surface area contributed by atoms with E-state index in [0.717, 1.165) is 43.9 Å². The van der Waals surface area contributed by atoms with Crippen molar-refractivity contribution >= 4 is 5.91 Å². The minimum atomic E-state index is 0.117. The molecule has 3 aliphatic heterocycles. The molecule has 2 bridgehead atoms. The van der Waals surface area contributed by atoms with Crippen molar-refractivity contribution in [2.45, 2.75) is 63.5 Å². The summed E-state index contributed by atoms with van der Waals surface area (Å²) in [5.41, 5.74) is 1.13. The quantitative estimate of drug-likeness (QED) is 0.780. The number of carbonyl (C=O) groups excluding carboxylic acids is 1. The molecule has 4 fully saturated rings. The largest absolute Gasteiger partial charge is 0.383 e. The number of carbonyl (C=O) groups is 1. The first-order chi connectivity index (χ1) is 12.7. The fourth-order valence-electron chi connectivity index (χ4n) is 4.96. The minimum absolute atomic E-state index is 0.117. The van der Waals surface area contributed by atoms with Crippen LogP contribution in [-0.4, -0.2) is 60.3 Å². The van der Waals surface area contributed by atoms with E-state index in [1.165, 1.54) is 32.1 Å². The summed E-state index contributed by atoms with van der Waals surface area (Å²) in [6.45, 7) is 3.84. The van der Waals surface area contributed by atoms with Gasteiger partial charge in [-0.15, -0.1) is 0 Å². The van der Waals surface area contributed by atoms with E-state index in [1.807, 2.05) is 4.90 Å². The van der Waals surface area contributed by atoms with Gasteiger partial charge >= 0.3 is 0 Å². The zero-order valence-electron chi connectivity index (χ0n) is 15.9. The van der Waals surface area contributed by atoms with E-state index in [2.05, 4.69) is 16.1 Å². The zero-order valence-corrected chi connectivity index (χ0v) is 15.9. The lowest BCUT2D eigenvalue weighted by molar-refractivity contribution is -0.140.